The summed E-state index contributed by atoms with van der Waals surface area (Å²) in [6, 6.07) is 0.975. The lowest BCUT2D eigenvalue weighted by molar-refractivity contribution is 0.586. The Bertz CT molecular complexity index is 353. The van der Waals surface area contributed by atoms with E-state index in [1.165, 1.54) is 0 Å². The van der Waals surface area contributed by atoms with Gasteiger partial charge in [-0.15, -0.1) is 0 Å². The van der Waals surface area contributed by atoms with Gasteiger partial charge >= 0.3 is 0 Å². The van der Waals surface area contributed by atoms with Crippen molar-refractivity contribution in [3.8, 4) is 0 Å². The predicted octanol–water partition coefficient (Wildman–Crippen LogP) is 2.55. The molecule has 0 bridgehead atoms. The molecule has 1 heterocycles. The van der Waals surface area contributed by atoms with Gasteiger partial charge in [-0.25, -0.2) is 9.97 Å². The normalized spacial score (nSPS) is 12.7. The van der Waals surface area contributed by atoms with E-state index in [9.17, 15) is 0 Å². The second-order valence-electron chi connectivity index (χ2n) is 5.06. The van der Waals surface area contributed by atoms with Crippen molar-refractivity contribution in [1.82, 2.24) is 15.3 Å². The van der Waals surface area contributed by atoms with E-state index in [0.717, 1.165) is 30.2 Å². The van der Waals surface area contributed by atoms with Crippen LogP contribution in [0, 0.1) is 0 Å². The van der Waals surface area contributed by atoms with Crippen molar-refractivity contribution in [2.45, 2.75) is 45.8 Å². The first-order valence-corrected chi connectivity index (χ1v) is 8.23. The van der Waals surface area contributed by atoms with Crippen LogP contribution in [0.15, 0.2) is 12.4 Å². The summed E-state index contributed by atoms with van der Waals surface area (Å²) in [7, 11) is 2.08. The standard InChI is InChI=1S/C14H26N4S/c1-6-13(10-19-5)18(4)14-16-8-12(9-17-14)7-15-11(2)3/h8-9,11,13,15H,6-7,10H2,1-5H3. The molecule has 0 fully saturated rings. The van der Waals surface area contributed by atoms with E-state index in [1.54, 1.807) is 0 Å². The van der Waals surface area contributed by atoms with Crippen LogP contribution in [-0.2, 0) is 6.54 Å². The lowest BCUT2D eigenvalue weighted by Crippen LogP contribution is -2.34. The molecule has 0 aliphatic rings. The molecule has 0 saturated heterocycles. The summed E-state index contributed by atoms with van der Waals surface area (Å²) < 4.78 is 0. The summed E-state index contributed by atoms with van der Waals surface area (Å²) in [5.41, 5.74) is 1.13. The SMILES string of the molecule is CCC(CSC)N(C)c1ncc(CNC(C)C)cn1. The van der Waals surface area contributed by atoms with Gasteiger partial charge in [0.15, 0.2) is 0 Å². The smallest absolute Gasteiger partial charge is 0.225 e. The second kappa shape index (κ2) is 8.38. The molecule has 0 aliphatic carbocycles. The number of hydrogen-bond donors (Lipinski definition) is 1. The Kier molecular flexibility index (Phi) is 7.16. The van der Waals surface area contributed by atoms with Crippen molar-refractivity contribution in [1.29, 1.82) is 0 Å². The lowest BCUT2D eigenvalue weighted by Gasteiger charge is -2.26. The van der Waals surface area contributed by atoms with Crippen molar-refractivity contribution in [3.63, 3.8) is 0 Å². The largest absolute Gasteiger partial charge is 0.340 e. The van der Waals surface area contributed by atoms with Gasteiger partial charge in [0, 0.05) is 49.4 Å². The predicted molar refractivity (Wildman–Crippen MR) is 84.9 cm³/mol. The van der Waals surface area contributed by atoms with E-state index in [-0.39, 0.29) is 0 Å². The molecule has 1 aromatic rings. The molecule has 19 heavy (non-hydrogen) atoms. The van der Waals surface area contributed by atoms with Crippen LogP contribution in [0.2, 0.25) is 0 Å². The number of hydrogen-bond acceptors (Lipinski definition) is 5. The molecular weight excluding hydrogens is 256 g/mol. The Morgan fingerprint density at radius 2 is 1.95 bits per heavy atom. The molecule has 1 unspecified atom stereocenters. The van der Waals surface area contributed by atoms with Crippen LogP contribution < -0.4 is 10.2 Å². The number of nitrogens with zero attached hydrogens (tertiary/aromatic N) is 3. The third kappa shape index (κ3) is 5.37. The number of thioether (sulfide) groups is 1. The number of anilines is 1. The maximum Gasteiger partial charge on any atom is 0.225 e. The molecule has 0 saturated carbocycles. The molecular formula is C14H26N4S. The molecule has 1 rings (SSSR count). The maximum atomic E-state index is 4.47. The van der Waals surface area contributed by atoms with Crippen molar-refractivity contribution < 1.29 is 0 Å². The molecule has 4 nitrogen and oxygen atoms in total. The minimum atomic E-state index is 0.480. The van der Waals surface area contributed by atoms with E-state index >= 15 is 0 Å². The number of aromatic nitrogens is 2. The fourth-order valence-electron chi connectivity index (χ4n) is 1.80. The highest BCUT2D eigenvalue weighted by molar-refractivity contribution is 7.98. The van der Waals surface area contributed by atoms with Gasteiger partial charge in [0.1, 0.15) is 0 Å². The van der Waals surface area contributed by atoms with Crippen LogP contribution in [0.1, 0.15) is 32.8 Å². The molecule has 0 radical (unpaired) electrons. The monoisotopic (exact) mass is 282 g/mol. The quantitative estimate of drug-likeness (QED) is 0.793. The third-order valence-electron chi connectivity index (χ3n) is 3.10. The van der Waals surface area contributed by atoms with Crippen molar-refractivity contribution in [2.24, 2.45) is 0 Å². The van der Waals surface area contributed by atoms with Gasteiger partial charge in [-0.1, -0.05) is 20.8 Å². The first-order chi connectivity index (χ1) is 9.08. The summed E-state index contributed by atoms with van der Waals surface area (Å²) in [5, 5.41) is 3.37. The fraction of sp³-hybridized carbons (Fsp3) is 0.714. The van der Waals surface area contributed by atoms with Crippen LogP contribution in [0.4, 0.5) is 5.95 Å². The molecule has 0 spiro atoms. The van der Waals surface area contributed by atoms with Crippen LogP contribution >= 0.6 is 11.8 Å². The third-order valence-corrected chi connectivity index (χ3v) is 3.82. The Balaban J connectivity index is 2.64. The molecule has 1 aromatic heterocycles. The molecule has 1 N–H and O–H groups in total. The summed E-state index contributed by atoms with van der Waals surface area (Å²) in [4.78, 5) is 11.1. The average Bonchev–Trinajstić information content (AvgIpc) is 2.42. The first-order valence-electron chi connectivity index (χ1n) is 6.84. The highest BCUT2D eigenvalue weighted by Crippen LogP contribution is 2.14. The maximum absolute atomic E-state index is 4.47. The highest BCUT2D eigenvalue weighted by Gasteiger charge is 2.14. The Labute approximate surface area is 121 Å². The van der Waals surface area contributed by atoms with Crippen molar-refractivity contribution in [2.75, 3.05) is 24.0 Å². The van der Waals surface area contributed by atoms with E-state index in [2.05, 4.69) is 54.3 Å². The Morgan fingerprint density at radius 3 is 2.42 bits per heavy atom. The van der Waals surface area contributed by atoms with Gasteiger partial charge < -0.3 is 10.2 Å². The Morgan fingerprint density at radius 1 is 1.32 bits per heavy atom. The van der Waals surface area contributed by atoms with Crippen LogP contribution in [0.5, 0.6) is 0 Å². The zero-order valence-corrected chi connectivity index (χ0v) is 13.5. The van der Waals surface area contributed by atoms with Gasteiger partial charge in [0.25, 0.3) is 0 Å². The van der Waals surface area contributed by atoms with Crippen LogP contribution in [0.25, 0.3) is 0 Å². The zero-order chi connectivity index (χ0) is 14.3. The van der Waals surface area contributed by atoms with Crippen LogP contribution in [0.3, 0.4) is 0 Å². The van der Waals surface area contributed by atoms with Gasteiger partial charge in [-0.05, 0) is 12.7 Å². The molecule has 0 aromatic carbocycles. The van der Waals surface area contributed by atoms with Gasteiger partial charge in [0.2, 0.25) is 5.95 Å². The highest BCUT2D eigenvalue weighted by atomic mass is 32.2. The molecule has 5 heteroatoms. The Hall–Kier alpha value is -0.810. The van der Waals surface area contributed by atoms with Gasteiger partial charge in [0.05, 0.1) is 0 Å². The first kappa shape index (κ1) is 16.2. The summed E-state index contributed by atoms with van der Waals surface area (Å²) >= 11 is 1.86. The topological polar surface area (TPSA) is 41.1 Å². The fourth-order valence-corrected chi connectivity index (χ4v) is 2.65. The summed E-state index contributed by atoms with van der Waals surface area (Å²) in [6.07, 6.45) is 7.08. The van der Waals surface area contributed by atoms with E-state index in [4.69, 9.17) is 0 Å². The number of nitrogens with one attached hydrogen (secondary N) is 1. The van der Waals surface area contributed by atoms with E-state index < -0.39 is 0 Å². The minimum absolute atomic E-state index is 0.480. The van der Waals surface area contributed by atoms with E-state index in [0.29, 0.717) is 12.1 Å². The number of rotatable bonds is 8. The zero-order valence-electron chi connectivity index (χ0n) is 12.7. The van der Waals surface area contributed by atoms with Gasteiger partial charge in [-0.3, -0.25) is 0 Å². The molecule has 1 atom stereocenters. The molecule has 0 aliphatic heterocycles. The summed E-state index contributed by atoms with van der Waals surface area (Å²) in [6.45, 7) is 7.30. The average molecular weight is 282 g/mol. The van der Waals surface area contributed by atoms with E-state index in [1.807, 2.05) is 24.2 Å². The molecule has 0 amide bonds. The lowest BCUT2D eigenvalue weighted by atomic mass is 10.2. The minimum Gasteiger partial charge on any atom is -0.340 e. The van der Waals surface area contributed by atoms with Crippen molar-refractivity contribution in [3.05, 3.63) is 18.0 Å². The van der Waals surface area contributed by atoms with Gasteiger partial charge in [-0.2, -0.15) is 11.8 Å². The second-order valence-corrected chi connectivity index (χ2v) is 5.97. The molecule has 108 valence electrons. The summed E-state index contributed by atoms with van der Waals surface area (Å²) in [5.74, 6) is 1.92. The van der Waals surface area contributed by atoms with Crippen molar-refractivity contribution >= 4 is 17.7 Å². The van der Waals surface area contributed by atoms with Crippen LogP contribution in [-0.4, -0.2) is 41.1 Å².